The standard InChI is InChI=1S/C42H28N4O/c1-42(2)31-17-9-6-15-28(31)37-32(42)21-22-34-38(37)29-16-7-10-18-33(29)46(34)41-44-39(25-12-4-3-5-13-25)43-40(45-41)26-20-23-36-30(24-26)27-14-8-11-19-35(27)47-36/h3-24H,1-2H3. The van der Waals surface area contributed by atoms with Gasteiger partial charge in [0.05, 0.1) is 11.0 Å². The van der Waals surface area contributed by atoms with E-state index in [1.807, 2.05) is 60.7 Å². The molecule has 9 aromatic rings. The third kappa shape index (κ3) is 3.68. The Balaban J connectivity index is 1.28. The highest BCUT2D eigenvalue weighted by atomic mass is 16.3. The molecule has 1 aliphatic carbocycles. The summed E-state index contributed by atoms with van der Waals surface area (Å²) in [4.78, 5) is 15.4. The van der Waals surface area contributed by atoms with E-state index in [1.165, 1.54) is 33.0 Å². The molecule has 0 saturated heterocycles. The van der Waals surface area contributed by atoms with E-state index in [1.54, 1.807) is 0 Å². The molecule has 0 spiro atoms. The first kappa shape index (κ1) is 26.2. The molecule has 1 aliphatic rings. The van der Waals surface area contributed by atoms with Crippen LogP contribution in [0, 0.1) is 0 Å². The summed E-state index contributed by atoms with van der Waals surface area (Å²) < 4.78 is 8.34. The molecule has 0 N–H and O–H groups in total. The summed E-state index contributed by atoms with van der Waals surface area (Å²) in [5, 5.41) is 4.52. The zero-order valence-corrected chi connectivity index (χ0v) is 25.9. The van der Waals surface area contributed by atoms with Crippen LogP contribution >= 0.6 is 0 Å². The predicted molar refractivity (Wildman–Crippen MR) is 190 cm³/mol. The SMILES string of the molecule is CC1(C)c2ccccc2-c2c1ccc1c2c2ccccc2n1-c1nc(-c2ccccc2)nc(-c2ccc3oc4ccccc4c3c2)n1. The van der Waals surface area contributed by atoms with Gasteiger partial charge in [-0.1, -0.05) is 111 Å². The van der Waals surface area contributed by atoms with Crippen LogP contribution in [0.25, 0.3) is 83.6 Å². The molecule has 10 rings (SSSR count). The highest BCUT2D eigenvalue weighted by Gasteiger charge is 2.37. The van der Waals surface area contributed by atoms with Crippen molar-refractivity contribution in [3.05, 3.63) is 145 Å². The van der Waals surface area contributed by atoms with Crippen molar-refractivity contribution in [2.45, 2.75) is 19.3 Å². The second kappa shape index (κ2) is 9.47. The topological polar surface area (TPSA) is 56.7 Å². The van der Waals surface area contributed by atoms with Gasteiger partial charge < -0.3 is 4.42 Å². The minimum absolute atomic E-state index is 0.0972. The Morgan fingerprint density at radius 1 is 0.532 bits per heavy atom. The van der Waals surface area contributed by atoms with Gasteiger partial charge in [0.1, 0.15) is 11.2 Å². The molecule has 0 atom stereocenters. The summed E-state index contributed by atoms with van der Waals surface area (Å²) >= 11 is 0. The smallest absolute Gasteiger partial charge is 0.238 e. The Hall–Kier alpha value is -6.07. The summed E-state index contributed by atoms with van der Waals surface area (Å²) in [6.07, 6.45) is 0. The zero-order valence-electron chi connectivity index (χ0n) is 25.9. The van der Waals surface area contributed by atoms with Crippen LogP contribution in [0.4, 0.5) is 0 Å². The summed E-state index contributed by atoms with van der Waals surface area (Å²) in [7, 11) is 0. The van der Waals surface area contributed by atoms with Crippen molar-refractivity contribution in [1.82, 2.24) is 19.5 Å². The Bertz CT molecular complexity index is 2720. The fraction of sp³-hybridized carbons (Fsp3) is 0.0714. The van der Waals surface area contributed by atoms with E-state index in [4.69, 9.17) is 19.4 Å². The fourth-order valence-electron chi connectivity index (χ4n) is 7.64. The number of furan rings is 1. The average Bonchev–Trinajstić information content (AvgIpc) is 3.74. The van der Waals surface area contributed by atoms with Crippen LogP contribution in [0.2, 0.25) is 0 Å². The lowest BCUT2D eigenvalue weighted by Crippen LogP contribution is -2.14. The maximum atomic E-state index is 6.13. The van der Waals surface area contributed by atoms with Gasteiger partial charge in [-0.3, -0.25) is 4.57 Å². The maximum Gasteiger partial charge on any atom is 0.238 e. The highest BCUT2D eigenvalue weighted by Crippen LogP contribution is 2.53. The van der Waals surface area contributed by atoms with Crippen LogP contribution in [-0.4, -0.2) is 19.5 Å². The molecule has 5 heteroatoms. The van der Waals surface area contributed by atoms with Crippen LogP contribution < -0.4 is 0 Å². The van der Waals surface area contributed by atoms with E-state index >= 15 is 0 Å². The number of rotatable bonds is 3. The summed E-state index contributed by atoms with van der Waals surface area (Å²) in [5.74, 6) is 1.82. The van der Waals surface area contributed by atoms with E-state index in [-0.39, 0.29) is 5.41 Å². The first-order valence-electron chi connectivity index (χ1n) is 16.0. The Kier molecular flexibility index (Phi) is 5.28. The molecule has 47 heavy (non-hydrogen) atoms. The minimum Gasteiger partial charge on any atom is -0.456 e. The number of aromatic nitrogens is 4. The minimum atomic E-state index is -0.0972. The van der Waals surface area contributed by atoms with Gasteiger partial charge in [0, 0.05) is 38.1 Å². The summed E-state index contributed by atoms with van der Waals surface area (Å²) in [6, 6.07) is 46.4. The lowest BCUT2D eigenvalue weighted by molar-refractivity contribution is 0.661. The monoisotopic (exact) mass is 604 g/mol. The van der Waals surface area contributed by atoms with Gasteiger partial charge in [0.25, 0.3) is 0 Å². The lowest BCUT2D eigenvalue weighted by Gasteiger charge is -2.21. The first-order valence-corrected chi connectivity index (χ1v) is 16.0. The normalized spacial score (nSPS) is 13.5. The Morgan fingerprint density at radius 3 is 2.11 bits per heavy atom. The number of fused-ring (bicyclic) bond motifs is 10. The van der Waals surface area contributed by atoms with Gasteiger partial charge in [-0.05, 0) is 58.7 Å². The molecule has 0 amide bonds. The van der Waals surface area contributed by atoms with Crippen molar-refractivity contribution >= 4 is 43.7 Å². The van der Waals surface area contributed by atoms with E-state index in [0.717, 1.165) is 44.1 Å². The Morgan fingerprint density at radius 2 is 1.23 bits per heavy atom. The van der Waals surface area contributed by atoms with Crippen LogP contribution in [-0.2, 0) is 5.41 Å². The van der Waals surface area contributed by atoms with E-state index < -0.39 is 0 Å². The third-order valence-electron chi connectivity index (χ3n) is 9.87. The molecule has 0 unspecified atom stereocenters. The van der Waals surface area contributed by atoms with Gasteiger partial charge in [0.15, 0.2) is 11.6 Å². The highest BCUT2D eigenvalue weighted by molar-refractivity contribution is 6.17. The van der Waals surface area contributed by atoms with Crippen LogP contribution in [0.15, 0.2) is 138 Å². The van der Waals surface area contributed by atoms with Crippen molar-refractivity contribution in [2.75, 3.05) is 0 Å². The number of hydrogen-bond donors (Lipinski definition) is 0. The molecule has 3 aromatic heterocycles. The summed E-state index contributed by atoms with van der Waals surface area (Å²) in [6.45, 7) is 4.65. The number of para-hydroxylation sites is 2. The van der Waals surface area contributed by atoms with Crippen molar-refractivity contribution in [1.29, 1.82) is 0 Å². The van der Waals surface area contributed by atoms with E-state index in [9.17, 15) is 0 Å². The van der Waals surface area contributed by atoms with Gasteiger partial charge >= 0.3 is 0 Å². The van der Waals surface area contributed by atoms with Crippen LogP contribution in [0.3, 0.4) is 0 Å². The van der Waals surface area contributed by atoms with Crippen molar-refractivity contribution < 1.29 is 4.42 Å². The number of nitrogens with zero attached hydrogens (tertiary/aromatic N) is 4. The zero-order chi connectivity index (χ0) is 31.3. The van der Waals surface area contributed by atoms with E-state index in [0.29, 0.717) is 17.6 Å². The van der Waals surface area contributed by atoms with Crippen molar-refractivity contribution in [3.8, 4) is 39.9 Å². The molecule has 0 aliphatic heterocycles. The average molecular weight is 605 g/mol. The number of hydrogen-bond acceptors (Lipinski definition) is 4. The number of benzene rings is 6. The maximum absolute atomic E-state index is 6.13. The van der Waals surface area contributed by atoms with Crippen molar-refractivity contribution in [3.63, 3.8) is 0 Å². The second-order valence-corrected chi connectivity index (χ2v) is 12.9. The molecule has 0 saturated carbocycles. The summed E-state index contributed by atoms with van der Waals surface area (Å²) in [5.41, 5.74) is 10.9. The lowest BCUT2D eigenvalue weighted by atomic mass is 9.82. The van der Waals surface area contributed by atoms with Crippen LogP contribution in [0.1, 0.15) is 25.0 Å². The van der Waals surface area contributed by atoms with Crippen molar-refractivity contribution in [2.24, 2.45) is 0 Å². The fourth-order valence-corrected chi connectivity index (χ4v) is 7.64. The van der Waals surface area contributed by atoms with Crippen LogP contribution in [0.5, 0.6) is 0 Å². The predicted octanol–water partition coefficient (Wildman–Crippen LogP) is 10.5. The Labute approximate surface area is 270 Å². The molecule has 222 valence electrons. The second-order valence-electron chi connectivity index (χ2n) is 12.9. The quantitative estimate of drug-likeness (QED) is 0.201. The van der Waals surface area contributed by atoms with Gasteiger partial charge in [0.2, 0.25) is 5.95 Å². The van der Waals surface area contributed by atoms with Gasteiger partial charge in [-0.2, -0.15) is 9.97 Å². The third-order valence-corrected chi connectivity index (χ3v) is 9.87. The van der Waals surface area contributed by atoms with Gasteiger partial charge in [-0.25, -0.2) is 4.98 Å². The molecular formula is C42H28N4O. The molecule has 0 fully saturated rings. The van der Waals surface area contributed by atoms with E-state index in [2.05, 4.69) is 91.2 Å². The largest absolute Gasteiger partial charge is 0.456 e. The molecule has 3 heterocycles. The first-order chi connectivity index (χ1) is 23.1. The molecular weight excluding hydrogens is 576 g/mol. The molecule has 6 aromatic carbocycles. The molecule has 5 nitrogen and oxygen atoms in total. The molecule has 0 bridgehead atoms. The van der Waals surface area contributed by atoms with Gasteiger partial charge in [-0.15, -0.1) is 0 Å². The molecule has 0 radical (unpaired) electrons.